The van der Waals surface area contributed by atoms with Crippen molar-refractivity contribution in [3.8, 4) is 0 Å². The van der Waals surface area contributed by atoms with Crippen LogP contribution in [0.2, 0.25) is 5.02 Å². The Morgan fingerprint density at radius 3 is 2.60 bits per heavy atom. The average molecular weight is 320 g/mol. The van der Waals surface area contributed by atoms with Crippen LogP contribution in [-0.4, -0.2) is 7.05 Å². The predicted octanol–water partition coefficient (Wildman–Crippen LogP) is 4.92. The van der Waals surface area contributed by atoms with Crippen LogP contribution in [-0.2, 0) is 12.6 Å². The largest absolute Gasteiger partial charge is 0.416 e. The first-order valence-electron chi connectivity index (χ1n) is 5.98. The van der Waals surface area contributed by atoms with Crippen molar-refractivity contribution < 1.29 is 13.2 Å². The number of hydrogen-bond acceptors (Lipinski definition) is 2. The molecule has 0 amide bonds. The lowest BCUT2D eigenvalue weighted by Gasteiger charge is -2.16. The standard InChI is InChI=1S/C14H13ClF3NS/c1-19-12(13-11(15)5-6-20-13)8-9-3-2-4-10(7-9)14(16,17)18/h2-7,12,19H,8H2,1H3. The van der Waals surface area contributed by atoms with Gasteiger partial charge in [0, 0.05) is 10.9 Å². The zero-order chi connectivity index (χ0) is 14.8. The lowest BCUT2D eigenvalue weighted by molar-refractivity contribution is -0.137. The summed E-state index contributed by atoms with van der Waals surface area (Å²) in [6.07, 6.45) is -3.85. The van der Waals surface area contributed by atoms with Gasteiger partial charge >= 0.3 is 6.18 Å². The van der Waals surface area contributed by atoms with E-state index in [1.54, 1.807) is 19.2 Å². The van der Waals surface area contributed by atoms with E-state index in [0.717, 1.165) is 10.9 Å². The second kappa shape index (κ2) is 6.16. The summed E-state index contributed by atoms with van der Waals surface area (Å²) in [6.45, 7) is 0. The summed E-state index contributed by atoms with van der Waals surface area (Å²) in [5.41, 5.74) is 0.00534. The van der Waals surface area contributed by atoms with E-state index in [-0.39, 0.29) is 6.04 Å². The normalized spacial score (nSPS) is 13.4. The summed E-state index contributed by atoms with van der Waals surface area (Å²) in [6, 6.07) is 7.09. The summed E-state index contributed by atoms with van der Waals surface area (Å²) in [7, 11) is 1.77. The number of hydrogen-bond donors (Lipinski definition) is 1. The molecule has 0 spiro atoms. The monoisotopic (exact) mass is 319 g/mol. The third-order valence-corrected chi connectivity index (χ3v) is 4.48. The molecule has 1 unspecified atom stereocenters. The first kappa shape index (κ1) is 15.4. The zero-order valence-electron chi connectivity index (χ0n) is 10.7. The molecule has 0 fully saturated rings. The Morgan fingerprint density at radius 2 is 2.05 bits per heavy atom. The third-order valence-electron chi connectivity index (χ3n) is 3.00. The Labute approximate surface area is 124 Å². The summed E-state index contributed by atoms with van der Waals surface area (Å²) >= 11 is 7.57. The quantitative estimate of drug-likeness (QED) is 0.843. The zero-order valence-corrected chi connectivity index (χ0v) is 12.2. The molecule has 1 heterocycles. The molecule has 0 bridgehead atoms. The second-order valence-electron chi connectivity index (χ2n) is 4.38. The van der Waals surface area contributed by atoms with Crippen LogP contribution in [0, 0.1) is 0 Å². The van der Waals surface area contributed by atoms with Gasteiger partial charge in [-0.05, 0) is 36.5 Å². The topological polar surface area (TPSA) is 12.0 Å². The van der Waals surface area contributed by atoms with Crippen molar-refractivity contribution in [3.05, 3.63) is 56.7 Å². The molecule has 1 aromatic carbocycles. The van der Waals surface area contributed by atoms with Gasteiger partial charge < -0.3 is 5.32 Å². The average Bonchev–Trinajstić information content (AvgIpc) is 2.81. The van der Waals surface area contributed by atoms with E-state index in [0.29, 0.717) is 17.0 Å². The van der Waals surface area contributed by atoms with Gasteiger partial charge in [-0.3, -0.25) is 0 Å². The van der Waals surface area contributed by atoms with Gasteiger partial charge in [-0.15, -0.1) is 11.3 Å². The lowest BCUT2D eigenvalue weighted by Crippen LogP contribution is -2.18. The van der Waals surface area contributed by atoms with Gasteiger partial charge in [0.25, 0.3) is 0 Å². The van der Waals surface area contributed by atoms with E-state index in [1.165, 1.54) is 23.5 Å². The van der Waals surface area contributed by atoms with Gasteiger partial charge in [-0.1, -0.05) is 29.8 Å². The van der Waals surface area contributed by atoms with E-state index in [1.807, 2.05) is 5.38 Å². The van der Waals surface area contributed by atoms with Gasteiger partial charge in [0.15, 0.2) is 0 Å². The molecule has 1 atom stereocenters. The Kier molecular flexibility index (Phi) is 4.73. The highest BCUT2D eigenvalue weighted by Gasteiger charge is 2.30. The van der Waals surface area contributed by atoms with Crippen molar-refractivity contribution in [1.29, 1.82) is 0 Å². The van der Waals surface area contributed by atoms with Crippen LogP contribution in [0.5, 0.6) is 0 Å². The number of alkyl halides is 3. The van der Waals surface area contributed by atoms with E-state index in [4.69, 9.17) is 11.6 Å². The maximum absolute atomic E-state index is 12.7. The number of halogens is 4. The van der Waals surface area contributed by atoms with Crippen LogP contribution in [0.3, 0.4) is 0 Å². The number of likely N-dealkylation sites (N-methyl/N-ethyl adjacent to an activating group) is 1. The van der Waals surface area contributed by atoms with Crippen molar-refractivity contribution in [2.45, 2.75) is 18.6 Å². The lowest BCUT2D eigenvalue weighted by atomic mass is 10.0. The number of benzene rings is 1. The Morgan fingerprint density at radius 1 is 1.30 bits per heavy atom. The molecule has 20 heavy (non-hydrogen) atoms. The molecule has 2 aromatic rings. The fraction of sp³-hybridized carbons (Fsp3) is 0.286. The fourth-order valence-corrected chi connectivity index (χ4v) is 3.29. The smallest absolute Gasteiger partial charge is 0.312 e. The molecule has 1 N–H and O–H groups in total. The predicted molar refractivity (Wildman–Crippen MR) is 76.3 cm³/mol. The maximum Gasteiger partial charge on any atom is 0.416 e. The molecule has 1 nitrogen and oxygen atoms in total. The molecule has 0 saturated heterocycles. The molecule has 0 saturated carbocycles. The first-order chi connectivity index (χ1) is 9.41. The minimum absolute atomic E-state index is 0.0917. The van der Waals surface area contributed by atoms with Gasteiger partial charge in [-0.25, -0.2) is 0 Å². The van der Waals surface area contributed by atoms with Crippen LogP contribution in [0.25, 0.3) is 0 Å². The van der Waals surface area contributed by atoms with Crippen molar-refractivity contribution >= 4 is 22.9 Å². The van der Waals surface area contributed by atoms with E-state index < -0.39 is 11.7 Å². The van der Waals surface area contributed by atoms with Crippen LogP contribution in [0.1, 0.15) is 22.0 Å². The van der Waals surface area contributed by atoms with E-state index in [9.17, 15) is 13.2 Å². The molecule has 0 aliphatic rings. The molecule has 0 aliphatic heterocycles. The maximum atomic E-state index is 12.7. The number of thiophene rings is 1. The molecule has 2 rings (SSSR count). The summed E-state index contributed by atoms with van der Waals surface area (Å²) < 4.78 is 38.1. The van der Waals surface area contributed by atoms with Crippen LogP contribution < -0.4 is 5.32 Å². The molecular formula is C14H13ClF3NS. The van der Waals surface area contributed by atoms with Crippen molar-refractivity contribution in [2.24, 2.45) is 0 Å². The minimum Gasteiger partial charge on any atom is -0.312 e. The van der Waals surface area contributed by atoms with Gasteiger partial charge in [0.1, 0.15) is 0 Å². The SMILES string of the molecule is CNC(Cc1cccc(C(F)(F)F)c1)c1sccc1Cl. The van der Waals surface area contributed by atoms with Crippen molar-refractivity contribution in [2.75, 3.05) is 7.05 Å². The Balaban J connectivity index is 2.23. The third kappa shape index (κ3) is 3.53. The van der Waals surface area contributed by atoms with Crippen LogP contribution >= 0.6 is 22.9 Å². The summed E-state index contributed by atoms with van der Waals surface area (Å²) in [5, 5.41) is 5.61. The Bertz CT molecular complexity index is 580. The number of rotatable bonds is 4. The van der Waals surface area contributed by atoms with E-state index >= 15 is 0 Å². The van der Waals surface area contributed by atoms with Gasteiger partial charge in [-0.2, -0.15) is 13.2 Å². The van der Waals surface area contributed by atoms with Crippen molar-refractivity contribution in [3.63, 3.8) is 0 Å². The van der Waals surface area contributed by atoms with Gasteiger partial charge in [0.2, 0.25) is 0 Å². The fourth-order valence-electron chi connectivity index (χ4n) is 1.99. The van der Waals surface area contributed by atoms with E-state index in [2.05, 4.69) is 5.32 Å². The Hall–Kier alpha value is -1.04. The molecule has 108 valence electrons. The molecule has 1 aromatic heterocycles. The number of nitrogens with one attached hydrogen (secondary N) is 1. The second-order valence-corrected chi connectivity index (χ2v) is 5.73. The summed E-state index contributed by atoms with van der Waals surface area (Å²) in [4.78, 5) is 0.937. The molecule has 0 aliphatic carbocycles. The van der Waals surface area contributed by atoms with Crippen molar-refractivity contribution in [1.82, 2.24) is 5.32 Å². The highest BCUT2D eigenvalue weighted by atomic mass is 35.5. The molecular weight excluding hydrogens is 307 g/mol. The minimum atomic E-state index is -4.31. The molecule has 6 heteroatoms. The highest BCUT2D eigenvalue weighted by molar-refractivity contribution is 7.10. The molecule has 0 radical (unpaired) electrons. The van der Waals surface area contributed by atoms with Crippen LogP contribution in [0.15, 0.2) is 35.7 Å². The first-order valence-corrected chi connectivity index (χ1v) is 7.24. The summed E-state index contributed by atoms with van der Waals surface area (Å²) in [5.74, 6) is 0. The highest BCUT2D eigenvalue weighted by Crippen LogP contribution is 2.33. The van der Waals surface area contributed by atoms with Crippen LogP contribution in [0.4, 0.5) is 13.2 Å². The van der Waals surface area contributed by atoms with Gasteiger partial charge in [0.05, 0.1) is 10.6 Å².